The average molecular weight is 835 g/mol. The number of carboxylic acid groups (broad SMARTS) is 1. The molecule has 0 bridgehead atoms. The molecule has 52 heavy (non-hydrogen) atoms. The lowest BCUT2D eigenvalue weighted by molar-refractivity contribution is 0.0522. The number of anilines is 2. The fourth-order valence-electron chi connectivity index (χ4n) is 5.18. The Labute approximate surface area is 314 Å². The Morgan fingerprint density at radius 1 is 0.712 bits per heavy atom. The maximum Gasteiger partial charge on any atom is 0.435 e. The van der Waals surface area contributed by atoms with Crippen molar-refractivity contribution in [1.82, 2.24) is 29.5 Å². The average Bonchev–Trinajstić information content (AvgIpc) is 3.64. The second-order valence-electron chi connectivity index (χ2n) is 13.4. The normalized spacial score (nSPS) is 11.5. The minimum atomic E-state index is -1.25. The van der Waals surface area contributed by atoms with Crippen LogP contribution in [0.5, 0.6) is 0 Å². The van der Waals surface area contributed by atoms with Crippen molar-refractivity contribution in [2.45, 2.75) is 52.6 Å². The summed E-state index contributed by atoms with van der Waals surface area (Å²) in [6, 6.07) is 15.3. The largest absolute Gasteiger partial charge is 0.463 e. The van der Waals surface area contributed by atoms with E-state index in [2.05, 4.69) is 62.7 Å². The zero-order valence-corrected chi connectivity index (χ0v) is 32.1. The van der Waals surface area contributed by atoms with Crippen LogP contribution in [0.2, 0.25) is 0 Å². The van der Waals surface area contributed by atoms with Crippen LogP contribution in [0.4, 0.5) is 21.0 Å². The molecule has 0 aliphatic carbocycles. The number of hydrogen-bond acceptors (Lipinski definition) is 9. The van der Waals surface area contributed by atoms with Crippen LogP contribution >= 0.6 is 31.9 Å². The van der Waals surface area contributed by atoms with Gasteiger partial charge in [-0.05, 0) is 86.3 Å². The van der Waals surface area contributed by atoms with E-state index in [0.29, 0.717) is 33.2 Å². The third kappa shape index (κ3) is 8.51. The highest BCUT2D eigenvalue weighted by Gasteiger charge is 2.29. The van der Waals surface area contributed by atoms with Crippen molar-refractivity contribution in [1.29, 1.82) is 0 Å². The summed E-state index contributed by atoms with van der Waals surface area (Å²) < 4.78 is 8.88. The molecule has 268 valence electrons. The minimum absolute atomic E-state index is 0.0606. The van der Waals surface area contributed by atoms with E-state index in [4.69, 9.17) is 4.74 Å². The standard InChI is InChI=1S/2C18H17BrN4O3/c1-18(2,3)26-17(25)23-14-5-4-11(19)10-13(14)15(22-23)16(24)21-12-6-8-20-9-7-12;1-18(2,3)14-11(19)4-5-12-13(14)15(22-23(12)17(25)26)16(24)21-10-6-8-20-9-7-10/h4-10H,1-3H3,(H,20,21,24);4-9H,1-3H3,(H,25,26)(H,20,21,24). The van der Waals surface area contributed by atoms with Gasteiger partial charge in [-0.3, -0.25) is 19.6 Å². The Morgan fingerprint density at radius 3 is 1.75 bits per heavy atom. The molecule has 16 heteroatoms. The Hall–Kier alpha value is -5.48. The molecule has 0 aliphatic rings. The molecule has 0 unspecified atom stereocenters. The molecule has 0 spiro atoms. The summed E-state index contributed by atoms with van der Waals surface area (Å²) in [6.45, 7) is 11.3. The number of nitrogens with zero attached hydrogens (tertiary/aromatic N) is 6. The maximum atomic E-state index is 12.8. The van der Waals surface area contributed by atoms with Crippen LogP contribution in [-0.2, 0) is 10.2 Å². The first-order valence-corrected chi connectivity index (χ1v) is 17.3. The fourth-order valence-corrected chi connectivity index (χ4v) is 6.46. The molecule has 0 atom stereocenters. The van der Waals surface area contributed by atoms with Gasteiger partial charge in [0.1, 0.15) is 5.60 Å². The Kier molecular flexibility index (Phi) is 10.9. The number of rotatable bonds is 4. The maximum absolute atomic E-state index is 12.8. The highest BCUT2D eigenvalue weighted by Crippen LogP contribution is 2.38. The van der Waals surface area contributed by atoms with Gasteiger partial charge in [0.2, 0.25) is 0 Å². The van der Waals surface area contributed by atoms with Crippen molar-refractivity contribution in [3.63, 3.8) is 0 Å². The number of aromatic nitrogens is 6. The molecule has 6 aromatic rings. The van der Waals surface area contributed by atoms with E-state index in [-0.39, 0.29) is 16.8 Å². The van der Waals surface area contributed by atoms with Gasteiger partial charge in [-0.25, -0.2) is 9.59 Å². The van der Waals surface area contributed by atoms with E-state index in [1.54, 1.807) is 100 Å². The van der Waals surface area contributed by atoms with Crippen LogP contribution in [0.15, 0.2) is 88.3 Å². The summed E-state index contributed by atoms with van der Waals surface area (Å²) in [4.78, 5) is 57.4. The first kappa shape index (κ1) is 37.8. The minimum Gasteiger partial charge on any atom is -0.463 e. The quantitative estimate of drug-likeness (QED) is 0.156. The zero-order valence-electron chi connectivity index (χ0n) is 28.9. The smallest absolute Gasteiger partial charge is 0.435 e. The topological polar surface area (TPSA) is 183 Å². The third-order valence-electron chi connectivity index (χ3n) is 7.24. The predicted octanol–water partition coefficient (Wildman–Crippen LogP) is 8.50. The molecule has 0 radical (unpaired) electrons. The molecule has 14 nitrogen and oxygen atoms in total. The van der Waals surface area contributed by atoms with Crippen molar-refractivity contribution >= 4 is 89.0 Å². The molecule has 4 heterocycles. The van der Waals surface area contributed by atoms with Gasteiger partial charge in [0.15, 0.2) is 11.4 Å². The molecule has 3 N–H and O–H groups in total. The second kappa shape index (κ2) is 15.0. The van der Waals surface area contributed by atoms with Crippen molar-refractivity contribution in [2.75, 3.05) is 10.6 Å². The molecule has 2 amide bonds. The van der Waals surface area contributed by atoms with Crippen LogP contribution in [-0.4, -0.2) is 64.2 Å². The first-order valence-electron chi connectivity index (χ1n) is 15.7. The van der Waals surface area contributed by atoms with E-state index in [0.717, 1.165) is 23.9 Å². The molecule has 0 aliphatic heterocycles. The predicted molar refractivity (Wildman–Crippen MR) is 203 cm³/mol. The lowest BCUT2D eigenvalue weighted by Crippen LogP contribution is -2.28. The highest BCUT2D eigenvalue weighted by molar-refractivity contribution is 9.10. The van der Waals surface area contributed by atoms with E-state index < -0.39 is 29.6 Å². The van der Waals surface area contributed by atoms with Crippen molar-refractivity contribution < 1.29 is 29.0 Å². The summed E-state index contributed by atoms with van der Waals surface area (Å²) in [5, 5.41) is 24.3. The highest BCUT2D eigenvalue weighted by atomic mass is 79.9. The van der Waals surface area contributed by atoms with E-state index in [9.17, 15) is 24.3 Å². The number of amides is 2. The van der Waals surface area contributed by atoms with Gasteiger partial charge >= 0.3 is 12.2 Å². The zero-order chi connectivity index (χ0) is 38.0. The first-order chi connectivity index (χ1) is 24.4. The van der Waals surface area contributed by atoms with E-state index in [1.165, 1.54) is 0 Å². The lowest BCUT2D eigenvalue weighted by atomic mass is 9.84. The van der Waals surface area contributed by atoms with Gasteiger partial charge in [0.25, 0.3) is 11.8 Å². The van der Waals surface area contributed by atoms with Crippen LogP contribution in [0.25, 0.3) is 21.8 Å². The number of benzene rings is 2. The monoisotopic (exact) mass is 832 g/mol. The van der Waals surface area contributed by atoms with Gasteiger partial charge in [-0.15, -0.1) is 0 Å². The lowest BCUT2D eigenvalue weighted by Gasteiger charge is -2.22. The Bertz CT molecular complexity index is 2310. The molecule has 0 fully saturated rings. The fraction of sp³-hybridized carbons (Fsp3) is 0.222. The molecule has 2 aromatic carbocycles. The van der Waals surface area contributed by atoms with Gasteiger partial charge in [0.05, 0.1) is 11.0 Å². The summed E-state index contributed by atoms with van der Waals surface area (Å²) >= 11 is 6.91. The summed E-state index contributed by atoms with van der Waals surface area (Å²) in [5.41, 5.74) is 1.99. The molecular weight excluding hydrogens is 800 g/mol. The van der Waals surface area contributed by atoms with E-state index in [1.807, 2.05) is 20.8 Å². The molecule has 0 saturated carbocycles. The van der Waals surface area contributed by atoms with Gasteiger partial charge < -0.3 is 20.5 Å². The molecule has 4 aromatic heterocycles. The van der Waals surface area contributed by atoms with Crippen LogP contribution in [0.1, 0.15) is 68.1 Å². The van der Waals surface area contributed by atoms with Gasteiger partial charge in [-0.1, -0.05) is 52.6 Å². The number of carbonyl (C=O) groups excluding carboxylic acids is 3. The van der Waals surface area contributed by atoms with Crippen molar-refractivity contribution in [2.24, 2.45) is 0 Å². The third-order valence-corrected chi connectivity index (χ3v) is 8.40. The number of nitrogens with one attached hydrogen (secondary N) is 2. The van der Waals surface area contributed by atoms with Crippen LogP contribution in [0.3, 0.4) is 0 Å². The second-order valence-corrected chi connectivity index (χ2v) is 15.2. The molecule has 0 saturated heterocycles. The van der Waals surface area contributed by atoms with Gasteiger partial charge in [0, 0.05) is 55.9 Å². The van der Waals surface area contributed by atoms with E-state index >= 15 is 0 Å². The van der Waals surface area contributed by atoms with Crippen molar-refractivity contribution in [3.8, 4) is 0 Å². The SMILES string of the molecule is CC(C)(C)OC(=O)n1nc(C(=O)Nc2ccncc2)c2cc(Br)ccc21.CC(C)(C)c1c(Br)ccc2c1c(C(=O)Nc1ccncc1)nn2C(=O)O. The molecule has 6 rings (SSSR count). The number of fused-ring (bicyclic) bond motifs is 2. The van der Waals surface area contributed by atoms with Crippen LogP contribution in [0, 0.1) is 0 Å². The Balaban J connectivity index is 0.000000201. The number of ether oxygens (including phenoxy) is 1. The number of hydrogen-bond donors (Lipinski definition) is 3. The number of carbonyl (C=O) groups is 4. The Morgan fingerprint density at radius 2 is 1.23 bits per heavy atom. The number of pyridine rings is 2. The summed E-state index contributed by atoms with van der Waals surface area (Å²) in [5.74, 6) is -0.911. The van der Waals surface area contributed by atoms with Gasteiger partial charge in [-0.2, -0.15) is 19.6 Å². The summed E-state index contributed by atoms with van der Waals surface area (Å²) in [7, 11) is 0. The number of halogens is 2. The van der Waals surface area contributed by atoms with Crippen molar-refractivity contribution in [3.05, 3.63) is 105 Å². The summed E-state index contributed by atoms with van der Waals surface area (Å²) in [6.07, 6.45) is 4.36. The molecular formula is C36H34Br2N8O6. The van der Waals surface area contributed by atoms with Crippen LogP contribution < -0.4 is 10.6 Å².